The molecule has 0 saturated carbocycles. The number of rotatable bonds is 4. The van der Waals surface area contributed by atoms with Crippen LogP contribution in [0.4, 0.5) is 11.4 Å². The Morgan fingerprint density at radius 3 is 2.84 bits per heavy atom. The van der Waals surface area contributed by atoms with Gasteiger partial charge in [0.15, 0.2) is 0 Å². The zero-order valence-corrected chi connectivity index (χ0v) is 10.2. The minimum atomic E-state index is -0.468. The summed E-state index contributed by atoms with van der Waals surface area (Å²) in [6.07, 6.45) is 1.50. The molecule has 1 N–H and O–H groups in total. The van der Waals surface area contributed by atoms with Crippen molar-refractivity contribution in [3.63, 3.8) is 0 Å². The van der Waals surface area contributed by atoms with Crippen molar-refractivity contribution < 1.29 is 4.92 Å². The van der Waals surface area contributed by atoms with Crippen LogP contribution in [0.25, 0.3) is 0 Å². The average Bonchev–Trinajstić information content (AvgIpc) is 2.41. The van der Waals surface area contributed by atoms with E-state index in [1.807, 2.05) is 0 Å². The highest BCUT2D eigenvalue weighted by molar-refractivity contribution is 5.55. The van der Waals surface area contributed by atoms with Crippen LogP contribution in [0.2, 0.25) is 0 Å². The Hall–Kier alpha value is -2.70. The number of benzene rings is 1. The molecule has 7 heteroatoms. The smallest absolute Gasteiger partial charge is 0.269 e. The number of hydrogen-bond donors (Lipinski definition) is 1. The fourth-order valence-electron chi connectivity index (χ4n) is 1.74. The first-order valence-electron chi connectivity index (χ1n) is 5.59. The summed E-state index contributed by atoms with van der Waals surface area (Å²) in [5.74, 6) is 0. The van der Waals surface area contributed by atoms with E-state index in [1.165, 1.54) is 29.1 Å². The van der Waals surface area contributed by atoms with Gasteiger partial charge in [0.2, 0.25) is 0 Å². The number of non-ortho nitro benzene ring substituents is 1. The molecule has 2 aromatic rings. The molecule has 0 aliphatic heterocycles. The summed E-state index contributed by atoms with van der Waals surface area (Å²) in [5, 5.41) is 17.6. The number of hydrogen-bond acceptors (Lipinski definition) is 5. The molecule has 0 radical (unpaired) electrons. The molecular formula is C12H12N4O3. The number of aromatic nitrogens is 2. The lowest BCUT2D eigenvalue weighted by Crippen LogP contribution is -2.22. The van der Waals surface area contributed by atoms with Gasteiger partial charge in [0.25, 0.3) is 11.2 Å². The van der Waals surface area contributed by atoms with Gasteiger partial charge < -0.3 is 5.32 Å². The molecule has 0 atom stereocenters. The Labute approximate surface area is 108 Å². The van der Waals surface area contributed by atoms with E-state index in [9.17, 15) is 14.9 Å². The third-order valence-electron chi connectivity index (χ3n) is 2.67. The Morgan fingerprint density at radius 1 is 1.42 bits per heavy atom. The van der Waals surface area contributed by atoms with E-state index in [1.54, 1.807) is 19.2 Å². The minimum Gasteiger partial charge on any atom is -0.388 e. The fraction of sp³-hybridized carbons (Fsp3) is 0.167. The first-order chi connectivity index (χ1) is 9.11. The summed E-state index contributed by atoms with van der Waals surface area (Å²) in [6.45, 7) is 0.178. The fourth-order valence-corrected chi connectivity index (χ4v) is 1.74. The van der Waals surface area contributed by atoms with Gasteiger partial charge in [0, 0.05) is 42.7 Å². The van der Waals surface area contributed by atoms with Gasteiger partial charge in [-0.25, -0.2) is 4.68 Å². The lowest BCUT2D eigenvalue weighted by molar-refractivity contribution is -0.384. The normalized spacial score (nSPS) is 10.2. The van der Waals surface area contributed by atoms with Gasteiger partial charge in [0.05, 0.1) is 11.5 Å². The molecule has 0 saturated heterocycles. The van der Waals surface area contributed by atoms with Crippen molar-refractivity contribution in [2.45, 2.75) is 6.54 Å². The molecule has 1 aromatic carbocycles. The second-order valence-corrected chi connectivity index (χ2v) is 3.87. The molecule has 0 unspecified atom stereocenters. The first kappa shape index (κ1) is 12.7. The van der Waals surface area contributed by atoms with E-state index in [2.05, 4.69) is 10.4 Å². The summed E-state index contributed by atoms with van der Waals surface area (Å²) in [7, 11) is 1.71. The van der Waals surface area contributed by atoms with Gasteiger partial charge in [-0.2, -0.15) is 5.10 Å². The van der Waals surface area contributed by atoms with E-state index in [0.717, 1.165) is 5.69 Å². The molecule has 0 aliphatic carbocycles. The molecule has 1 heterocycles. The minimum absolute atomic E-state index is 0.0158. The maximum Gasteiger partial charge on any atom is 0.269 e. The lowest BCUT2D eigenvalue weighted by Gasteiger charge is -2.09. The number of anilines is 1. The predicted octanol–water partition coefficient (Wildman–Crippen LogP) is 1.24. The van der Waals surface area contributed by atoms with Crippen LogP contribution >= 0.6 is 0 Å². The van der Waals surface area contributed by atoms with Crippen LogP contribution in [-0.4, -0.2) is 21.8 Å². The van der Waals surface area contributed by atoms with Crippen molar-refractivity contribution in [3.05, 3.63) is 62.6 Å². The van der Waals surface area contributed by atoms with Crippen molar-refractivity contribution in [3.8, 4) is 0 Å². The lowest BCUT2D eigenvalue weighted by atomic mass is 10.1. The SMILES string of the molecule is CNc1ccc([N+](=O)[O-])cc1Cn1ncccc1=O. The van der Waals surface area contributed by atoms with Crippen molar-refractivity contribution in [2.75, 3.05) is 12.4 Å². The molecule has 0 amide bonds. The van der Waals surface area contributed by atoms with Crippen molar-refractivity contribution >= 4 is 11.4 Å². The summed E-state index contributed by atoms with van der Waals surface area (Å²) in [4.78, 5) is 21.9. The number of nitro benzene ring substituents is 1. The highest BCUT2D eigenvalue weighted by Crippen LogP contribution is 2.22. The molecular weight excluding hydrogens is 248 g/mol. The molecule has 0 fully saturated rings. The van der Waals surface area contributed by atoms with E-state index >= 15 is 0 Å². The standard InChI is InChI=1S/C12H12N4O3/c1-13-11-5-4-10(16(18)19)7-9(11)8-15-12(17)3-2-6-14-15/h2-7,13H,8H2,1H3. The Kier molecular flexibility index (Phi) is 3.56. The molecule has 19 heavy (non-hydrogen) atoms. The number of nitrogens with one attached hydrogen (secondary N) is 1. The first-order valence-corrected chi connectivity index (χ1v) is 5.59. The van der Waals surface area contributed by atoms with E-state index in [4.69, 9.17) is 0 Å². The second-order valence-electron chi connectivity index (χ2n) is 3.87. The van der Waals surface area contributed by atoms with Gasteiger partial charge in [0.1, 0.15) is 0 Å². The van der Waals surface area contributed by atoms with Crippen LogP contribution in [0.1, 0.15) is 5.56 Å². The number of nitro groups is 1. The molecule has 7 nitrogen and oxygen atoms in total. The van der Waals surface area contributed by atoms with Crippen LogP contribution in [-0.2, 0) is 6.54 Å². The van der Waals surface area contributed by atoms with Gasteiger partial charge in [-0.1, -0.05) is 0 Å². The molecule has 98 valence electrons. The predicted molar refractivity (Wildman–Crippen MR) is 70.2 cm³/mol. The summed E-state index contributed by atoms with van der Waals surface area (Å²) in [6, 6.07) is 7.40. The third kappa shape index (κ3) is 2.76. The van der Waals surface area contributed by atoms with Crippen LogP contribution in [0.15, 0.2) is 41.3 Å². The summed E-state index contributed by atoms with van der Waals surface area (Å²) in [5.41, 5.74) is 1.09. The van der Waals surface area contributed by atoms with Crippen molar-refractivity contribution in [2.24, 2.45) is 0 Å². The van der Waals surface area contributed by atoms with Crippen LogP contribution in [0.5, 0.6) is 0 Å². The van der Waals surface area contributed by atoms with Gasteiger partial charge in [-0.3, -0.25) is 14.9 Å². The molecule has 0 spiro atoms. The molecule has 2 rings (SSSR count). The van der Waals surface area contributed by atoms with Gasteiger partial charge in [-0.05, 0) is 12.1 Å². The molecule has 0 aliphatic rings. The summed E-state index contributed by atoms with van der Waals surface area (Å²) >= 11 is 0. The second kappa shape index (κ2) is 5.30. The van der Waals surface area contributed by atoms with Crippen LogP contribution < -0.4 is 10.9 Å². The zero-order valence-electron chi connectivity index (χ0n) is 10.2. The maximum atomic E-state index is 11.6. The van der Waals surface area contributed by atoms with E-state index in [-0.39, 0.29) is 17.8 Å². The number of nitrogens with zero attached hydrogens (tertiary/aromatic N) is 3. The molecule has 1 aromatic heterocycles. The largest absolute Gasteiger partial charge is 0.388 e. The van der Waals surface area contributed by atoms with Crippen LogP contribution in [0, 0.1) is 10.1 Å². The van der Waals surface area contributed by atoms with Crippen molar-refractivity contribution in [1.29, 1.82) is 0 Å². The van der Waals surface area contributed by atoms with Crippen molar-refractivity contribution in [1.82, 2.24) is 9.78 Å². The Morgan fingerprint density at radius 2 is 2.21 bits per heavy atom. The zero-order chi connectivity index (χ0) is 13.8. The monoisotopic (exact) mass is 260 g/mol. The topological polar surface area (TPSA) is 90.1 Å². The Bertz CT molecular complexity index is 666. The highest BCUT2D eigenvalue weighted by Gasteiger charge is 2.11. The average molecular weight is 260 g/mol. The quantitative estimate of drug-likeness (QED) is 0.659. The summed E-state index contributed by atoms with van der Waals surface area (Å²) < 4.78 is 1.25. The maximum absolute atomic E-state index is 11.6. The Balaban J connectivity index is 2.43. The molecule has 0 bridgehead atoms. The van der Waals surface area contributed by atoms with Crippen LogP contribution in [0.3, 0.4) is 0 Å². The van der Waals surface area contributed by atoms with E-state index in [0.29, 0.717) is 5.56 Å². The van der Waals surface area contributed by atoms with E-state index < -0.39 is 4.92 Å². The van der Waals surface area contributed by atoms with Gasteiger partial charge in [-0.15, -0.1) is 0 Å². The third-order valence-corrected chi connectivity index (χ3v) is 2.67. The van der Waals surface area contributed by atoms with Gasteiger partial charge >= 0.3 is 0 Å². The highest BCUT2D eigenvalue weighted by atomic mass is 16.6.